The Morgan fingerprint density at radius 2 is 1.95 bits per heavy atom. The van der Waals surface area contributed by atoms with E-state index in [1.165, 1.54) is 32.1 Å². The van der Waals surface area contributed by atoms with Crippen LogP contribution in [-0.2, 0) is 4.74 Å². The highest BCUT2D eigenvalue weighted by atomic mass is 16.5. The summed E-state index contributed by atoms with van der Waals surface area (Å²) < 4.78 is 6.17. The van der Waals surface area contributed by atoms with E-state index in [4.69, 9.17) is 4.74 Å². The fourth-order valence-corrected chi connectivity index (χ4v) is 3.81. The molecule has 0 bridgehead atoms. The Morgan fingerprint density at radius 3 is 2.60 bits per heavy atom. The molecule has 0 radical (unpaired) electrons. The molecule has 0 heterocycles. The second-order valence-electron chi connectivity index (χ2n) is 7.05. The van der Waals surface area contributed by atoms with E-state index in [1.54, 1.807) is 0 Å². The van der Waals surface area contributed by atoms with Crippen molar-refractivity contribution in [2.75, 3.05) is 6.61 Å². The van der Waals surface area contributed by atoms with Gasteiger partial charge in [0.25, 0.3) is 0 Å². The molecule has 2 aliphatic carbocycles. The van der Waals surface area contributed by atoms with Crippen molar-refractivity contribution in [2.24, 2.45) is 5.92 Å². The van der Waals surface area contributed by atoms with Gasteiger partial charge >= 0.3 is 0 Å². The van der Waals surface area contributed by atoms with Crippen LogP contribution in [0.1, 0.15) is 71.6 Å². The van der Waals surface area contributed by atoms with E-state index in [9.17, 15) is 5.26 Å². The normalized spacial score (nSPS) is 32.2. The summed E-state index contributed by atoms with van der Waals surface area (Å²) in [4.78, 5) is 0. The Hall–Kier alpha value is -0.590. The molecule has 0 aliphatic heterocycles. The lowest BCUT2D eigenvalue weighted by atomic mass is 9.80. The van der Waals surface area contributed by atoms with E-state index in [-0.39, 0.29) is 11.6 Å². The average Bonchev–Trinajstić information content (AvgIpc) is 2.46. The van der Waals surface area contributed by atoms with Crippen LogP contribution < -0.4 is 5.32 Å². The van der Waals surface area contributed by atoms with Crippen LogP contribution in [0.15, 0.2) is 0 Å². The molecule has 0 aromatic heterocycles. The molecule has 20 heavy (non-hydrogen) atoms. The molecule has 2 atom stereocenters. The van der Waals surface area contributed by atoms with Crippen molar-refractivity contribution in [2.45, 2.75) is 89.3 Å². The fourth-order valence-electron chi connectivity index (χ4n) is 3.81. The molecule has 2 saturated carbocycles. The Bertz CT molecular complexity index is 330. The zero-order valence-electron chi connectivity index (χ0n) is 13.2. The van der Waals surface area contributed by atoms with Crippen LogP contribution in [-0.4, -0.2) is 24.3 Å². The minimum Gasteiger partial charge on any atom is -0.378 e. The Balaban J connectivity index is 1.81. The molecule has 0 amide bonds. The van der Waals surface area contributed by atoms with Crippen molar-refractivity contribution in [3.8, 4) is 6.07 Å². The number of nitrogens with one attached hydrogen (secondary N) is 1. The van der Waals surface area contributed by atoms with E-state index in [0.717, 1.165) is 38.2 Å². The summed E-state index contributed by atoms with van der Waals surface area (Å²) in [5.41, 5.74) is -0.357. The van der Waals surface area contributed by atoms with Gasteiger partial charge in [-0.3, -0.25) is 5.32 Å². The quantitative estimate of drug-likeness (QED) is 0.832. The Labute approximate surface area is 124 Å². The highest BCUT2D eigenvalue weighted by Gasteiger charge is 2.37. The standard InChI is InChI=1S/C17H30N2O/c1-14(2)19-17(13-18)10-6-9-16(11-17)20-12-15-7-4-3-5-8-15/h14-16,19H,3-12H2,1-2H3. The summed E-state index contributed by atoms with van der Waals surface area (Å²) in [6, 6.07) is 2.88. The van der Waals surface area contributed by atoms with Crippen molar-refractivity contribution in [3.05, 3.63) is 0 Å². The Kier molecular flexibility index (Phi) is 5.86. The first-order valence-corrected chi connectivity index (χ1v) is 8.44. The number of hydrogen-bond donors (Lipinski definition) is 1. The molecule has 114 valence electrons. The van der Waals surface area contributed by atoms with Gasteiger partial charge < -0.3 is 4.74 Å². The molecule has 1 N–H and O–H groups in total. The summed E-state index contributed by atoms with van der Waals surface area (Å²) in [6.45, 7) is 5.14. The van der Waals surface area contributed by atoms with Crippen molar-refractivity contribution in [3.63, 3.8) is 0 Å². The third-order valence-electron chi connectivity index (χ3n) is 4.78. The van der Waals surface area contributed by atoms with E-state index in [1.807, 2.05) is 0 Å². The zero-order chi connectivity index (χ0) is 14.4. The molecule has 0 saturated heterocycles. The number of nitrogens with zero attached hydrogens (tertiary/aromatic N) is 1. The molecule has 2 fully saturated rings. The van der Waals surface area contributed by atoms with Crippen LogP contribution in [0, 0.1) is 17.2 Å². The zero-order valence-corrected chi connectivity index (χ0v) is 13.2. The van der Waals surface area contributed by atoms with Gasteiger partial charge in [-0.15, -0.1) is 0 Å². The van der Waals surface area contributed by atoms with E-state index in [0.29, 0.717) is 6.04 Å². The van der Waals surface area contributed by atoms with Gasteiger partial charge in [-0.05, 0) is 51.9 Å². The minimum absolute atomic E-state index is 0.275. The topological polar surface area (TPSA) is 45.0 Å². The monoisotopic (exact) mass is 278 g/mol. The fraction of sp³-hybridized carbons (Fsp3) is 0.941. The number of nitriles is 1. The lowest BCUT2D eigenvalue weighted by molar-refractivity contribution is -0.0149. The van der Waals surface area contributed by atoms with Gasteiger partial charge in [0.1, 0.15) is 5.54 Å². The SMILES string of the molecule is CC(C)NC1(C#N)CCCC(OCC2CCCCC2)C1. The van der Waals surface area contributed by atoms with Crippen molar-refractivity contribution in [1.29, 1.82) is 5.26 Å². The lowest BCUT2D eigenvalue weighted by Gasteiger charge is -2.38. The first-order valence-electron chi connectivity index (χ1n) is 8.44. The van der Waals surface area contributed by atoms with E-state index < -0.39 is 0 Å². The van der Waals surface area contributed by atoms with Gasteiger partial charge in [0, 0.05) is 19.1 Å². The molecule has 3 heteroatoms. The first-order chi connectivity index (χ1) is 9.63. The third-order valence-corrected chi connectivity index (χ3v) is 4.78. The van der Waals surface area contributed by atoms with Crippen LogP contribution in [0.3, 0.4) is 0 Å². The molecular weight excluding hydrogens is 248 g/mol. The van der Waals surface area contributed by atoms with Gasteiger partial charge in [-0.25, -0.2) is 0 Å². The second-order valence-corrected chi connectivity index (χ2v) is 7.05. The van der Waals surface area contributed by atoms with Crippen LogP contribution >= 0.6 is 0 Å². The van der Waals surface area contributed by atoms with Crippen LogP contribution in [0.5, 0.6) is 0 Å². The van der Waals surface area contributed by atoms with Gasteiger partial charge in [0.05, 0.1) is 12.2 Å². The van der Waals surface area contributed by atoms with Crippen molar-refractivity contribution < 1.29 is 4.74 Å². The smallest absolute Gasteiger partial charge is 0.109 e. The van der Waals surface area contributed by atoms with Gasteiger partial charge in [-0.2, -0.15) is 5.26 Å². The first kappa shape index (κ1) is 15.8. The highest BCUT2D eigenvalue weighted by Crippen LogP contribution is 2.31. The number of ether oxygens (including phenoxy) is 1. The third kappa shape index (κ3) is 4.46. The van der Waals surface area contributed by atoms with Crippen molar-refractivity contribution in [1.82, 2.24) is 5.32 Å². The number of rotatable bonds is 5. The molecule has 2 rings (SSSR count). The predicted molar refractivity (Wildman–Crippen MR) is 81.4 cm³/mol. The summed E-state index contributed by atoms with van der Waals surface area (Å²) in [5, 5.41) is 13.0. The highest BCUT2D eigenvalue weighted by molar-refractivity contribution is 5.10. The summed E-state index contributed by atoms with van der Waals surface area (Å²) >= 11 is 0. The lowest BCUT2D eigenvalue weighted by Crippen LogP contribution is -2.52. The van der Waals surface area contributed by atoms with Crippen molar-refractivity contribution >= 4 is 0 Å². The predicted octanol–water partition coefficient (Wildman–Crippen LogP) is 3.79. The van der Waals surface area contributed by atoms with Crippen LogP contribution in [0.2, 0.25) is 0 Å². The average molecular weight is 278 g/mol. The largest absolute Gasteiger partial charge is 0.378 e. The molecule has 0 aromatic carbocycles. The van der Waals surface area contributed by atoms with E-state index in [2.05, 4.69) is 25.2 Å². The Morgan fingerprint density at radius 1 is 1.20 bits per heavy atom. The maximum absolute atomic E-state index is 9.56. The number of hydrogen-bond acceptors (Lipinski definition) is 3. The van der Waals surface area contributed by atoms with Crippen LogP contribution in [0.4, 0.5) is 0 Å². The molecular formula is C17H30N2O. The minimum atomic E-state index is -0.357. The maximum atomic E-state index is 9.56. The summed E-state index contributed by atoms with van der Waals surface area (Å²) in [5.74, 6) is 0.764. The van der Waals surface area contributed by atoms with Gasteiger partial charge in [0.15, 0.2) is 0 Å². The van der Waals surface area contributed by atoms with Gasteiger partial charge in [0.2, 0.25) is 0 Å². The molecule has 3 nitrogen and oxygen atoms in total. The van der Waals surface area contributed by atoms with Crippen LogP contribution in [0.25, 0.3) is 0 Å². The maximum Gasteiger partial charge on any atom is 0.109 e. The molecule has 2 aliphatic rings. The summed E-state index contributed by atoms with van der Waals surface area (Å²) in [7, 11) is 0. The second kappa shape index (κ2) is 7.43. The molecule has 2 unspecified atom stereocenters. The van der Waals surface area contributed by atoms with E-state index >= 15 is 0 Å². The summed E-state index contributed by atoms with van der Waals surface area (Å²) in [6.07, 6.45) is 11.1. The molecule has 0 spiro atoms. The molecule has 0 aromatic rings. The van der Waals surface area contributed by atoms with Gasteiger partial charge in [-0.1, -0.05) is 19.3 Å².